The Morgan fingerprint density at radius 2 is 1.96 bits per heavy atom. The number of benzene rings is 1. The van der Waals surface area contributed by atoms with Crippen LogP contribution in [-0.4, -0.2) is 47.9 Å². The Balaban J connectivity index is 1.83. The van der Waals surface area contributed by atoms with E-state index < -0.39 is 35.6 Å². The number of carboxylic acid groups (broad SMARTS) is 1. The van der Waals surface area contributed by atoms with E-state index >= 15 is 0 Å². The van der Waals surface area contributed by atoms with Crippen molar-refractivity contribution in [1.29, 1.82) is 0 Å². The van der Waals surface area contributed by atoms with Gasteiger partial charge in [0.1, 0.15) is 11.9 Å². The molecule has 0 bridgehead atoms. The second kappa shape index (κ2) is 9.11. The first-order chi connectivity index (χ1) is 12.8. The molecule has 1 heterocycles. The van der Waals surface area contributed by atoms with Crippen molar-refractivity contribution in [1.82, 2.24) is 10.6 Å². The van der Waals surface area contributed by atoms with E-state index in [0.29, 0.717) is 12.1 Å². The van der Waals surface area contributed by atoms with Crippen molar-refractivity contribution in [2.75, 3.05) is 18.0 Å². The van der Waals surface area contributed by atoms with Gasteiger partial charge >= 0.3 is 5.97 Å². The van der Waals surface area contributed by atoms with Crippen LogP contribution in [0.15, 0.2) is 24.3 Å². The van der Waals surface area contributed by atoms with Gasteiger partial charge in [0.15, 0.2) is 0 Å². The van der Waals surface area contributed by atoms with Gasteiger partial charge in [-0.25, -0.2) is 4.39 Å². The smallest absolute Gasteiger partial charge is 0.303 e. The van der Waals surface area contributed by atoms with E-state index in [2.05, 4.69) is 10.6 Å². The van der Waals surface area contributed by atoms with Crippen LogP contribution >= 0.6 is 0 Å². The predicted octanol–water partition coefficient (Wildman–Crippen LogP) is 0.664. The summed E-state index contributed by atoms with van der Waals surface area (Å²) in [6.07, 6.45) is 0.256. The molecule has 1 saturated heterocycles. The molecule has 1 aromatic rings. The van der Waals surface area contributed by atoms with Crippen molar-refractivity contribution in [2.24, 2.45) is 5.92 Å². The Bertz CT molecular complexity index is 722. The maximum Gasteiger partial charge on any atom is 0.303 e. The minimum atomic E-state index is -0.942. The third-order valence-electron chi connectivity index (χ3n) is 4.25. The molecule has 1 aliphatic heterocycles. The third-order valence-corrected chi connectivity index (χ3v) is 4.25. The molecule has 9 heteroatoms. The minimum absolute atomic E-state index is 0.0101. The third kappa shape index (κ3) is 5.77. The molecular weight excluding hydrogens is 357 g/mol. The zero-order valence-corrected chi connectivity index (χ0v) is 14.9. The van der Waals surface area contributed by atoms with Gasteiger partial charge in [-0.15, -0.1) is 0 Å². The number of rotatable bonds is 8. The number of hydrogen-bond acceptors (Lipinski definition) is 4. The Morgan fingerprint density at radius 1 is 1.30 bits per heavy atom. The highest BCUT2D eigenvalue weighted by Gasteiger charge is 2.36. The number of carbonyl (C=O) groups is 4. The summed E-state index contributed by atoms with van der Waals surface area (Å²) in [6.45, 7) is 1.87. The van der Waals surface area contributed by atoms with Gasteiger partial charge in [0, 0.05) is 31.6 Å². The van der Waals surface area contributed by atoms with Crippen LogP contribution in [0, 0.1) is 11.7 Å². The molecule has 0 spiro atoms. The molecule has 0 aromatic heterocycles. The molecule has 2 rings (SSSR count). The summed E-state index contributed by atoms with van der Waals surface area (Å²) in [6, 6.07) is 4.62. The second-order valence-corrected chi connectivity index (χ2v) is 6.40. The largest absolute Gasteiger partial charge is 0.481 e. The summed E-state index contributed by atoms with van der Waals surface area (Å²) in [7, 11) is 0. The number of nitrogens with zero attached hydrogens (tertiary/aromatic N) is 1. The molecule has 1 aromatic carbocycles. The highest BCUT2D eigenvalue weighted by molar-refractivity contribution is 6.01. The fourth-order valence-electron chi connectivity index (χ4n) is 2.75. The maximum absolute atomic E-state index is 13.0. The van der Waals surface area contributed by atoms with E-state index in [1.807, 2.05) is 0 Å². The lowest BCUT2D eigenvalue weighted by Gasteiger charge is -2.18. The molecule has 3 amide bonds. The van der Waals surface area contributed by atoms with Crippen molar-refractivity contribution in [3.05, 3.63) is 30.1 Å². The average Bonchev–Trinajstić information content (AvgIpc) is 3.01. The molecule has 0 radical (unpaired) electrons. The molecule has 3 N–H and O–H groups in total. The minimum Gasteiger partial charge on any atom is -0.481 e. The number of nitrogens with one attached hydrogen (secondary N) is 2. The SMILES string of the molecule is CC(NC(=O)C1CC(=O)N(c2ccc(F)cc2)C1)C(=O)NCCCC(=O)O. The van der Waals surface area contributed by atoms with E-state index in [0.717, 1.165) is 0 Å². The Hall–Kier alpha value is -2.97. The van der Waals surface area contributed by atoms with E-state index in [1.54, 1.807) is 0 Å². The first-order valence-corrected chi connectivity index (χ1v) is 8.63. The lowest BCUT2D eigenvalue weighted by molar-refractivity contribution is -0.137. The summed E-state index contributed by atoms with van der Waals surface area (Å²) in [5.41, 5.74) is 0.515. The normalized spacial score (nSPS) is 17.5. The van der Waals surface area contributed by atoms with Gasteiger partial charge in [0.05, 0.1) is 5.92 Å². The Kier molecular flexibility index (Phi) is 6.86. The summed E-state index contributed by atoms with van der Waals surface area (Å²) < 4.78 is 13.0. The lowest BCUT2D eigenvalue weighted by Crippen LogP contribution is -2.47. The zero-order chi connectivity index (χ0) is 20.0. The van der Waals surface area contributed by atoms with Gasteiger partial charge in [-0.3, -0.25) is 19.2 Å². The van der Waals surface area contributed by atoms with Gasteiger partial charge in [0.2, 0.25) is 17.7 Å². The fraction of sp³-hybridized carbons (Fsp3) is 0.444. The second-order valence-electron chi connectivity index (χ2n) is 6.40. The van der Waals surface area contributed by atoms with Crippen molar-refractivity contribution >= 4 is 29.4 Å². The molecule has 8 nitrogen and oxygen atoms in total. The summed E-state index contributed by atoms with van der Waals surface area (Å²) >= 11 is 0. The number of carbonyl (C=O) groups excluding carboxylic acids is 3. The lowest BCUT2D eigenvalue weighted by atomic mass is 10.1. The standard InChI is InChI=1S/C18H22FN3O5/c1-11(17(26)20-8-2-3-16(24)25)21-18(27)12-9-15(23)22(10-12)14-6-4-13(19)5-7-14/h4-7,11-12H,2-3,8-10H2,1H3,(H,20,26)(H,21,27)(H,24,25). The van der Waals surface area contributed by atoms with Crippen molar-refractivity contribution in [3.63, 3.8) is 0 Å². The van der Waals surface area contributed by atoms with Gasteiger partial charge in [-0.05, 0) is 37.6 Å². The highest BCUT2D eigenvalue weighted by atomic mass is 19.1. The predicted molar refractivity (Wildman–Crippen MR) is 94.3 cm³/mol. The average molecular weight is 379 g/mol. The quantitative estimate of drug-likeness (QED) is 0.574. The molecular formula is C18H22FN3O5. The molecule has 0 aliphatic carbocycles. The van der Waals surface area contributed by atoms with Gasteiger partial charge < -0.3 is 20.6 Å². The van der Waals surface area contributed by atoms with Crippen LogP contribution in [-0.2, 0) is 19.2 Å². The first-order valence-electron chi connectivity index (χ1n) is 8.63. The van der Waals surface area contributed by atoms with Crippen LogP contribution in [0.5, 0.6) is 0 Å². The van der Waals surface area contributed by atoms with Crippen molar-refractivity contribution in [2.45, 2.75) is 32.2 Å². The van der Waals surface area contributed by atoms with Crippen molar-refractivity contribution < 1.29 is 28.7 Å². The molecule has 1 fully saturated rings. The summed E-state index contributed by atoms with van der Waals surface area (Å²) in [5.74, 6) is -3.04. The van der Waals surface area contributed by atoms with E-state index in [1.165, 1.54) is 36.1 Å². The van der Waals surface area contributed by atoms with Crippen LogP contribution in [0.4, 0.5) is 10.1 Å². The van der Waals surface area contributed by atoms with E-state index in [-0.39, 0.29) is 31.8 Å². The topological polar surface area (TPSA) is 116 Å². The van der Waals surface area contributed by atoms with Crippen molar-refractivity contribution in [3.8, 4) is 0 Å². The zero-order valence-electron chi connectivity index (χ0n) is 14.9. The van der Waals surface area contributed by atoms with Crippen LogP contribution in [0.25, 0.3) is 0 Å². The Morgan fingerprint density at radius 3 is 2.59 bits per heavy atom. The number of amides is 3. The van der Waals surface area contributed by atoms with Crippen LogP contribution in [0.1, 0.15) is 26.2 Å². The number of aliphatic carboxylic acids is 1. The van der Waals surface area contributed by atoms with Crippen LogP contribution in [0.2, 0.25) is 0 Å². The molecule has 2 atom stereocenters. The maximum atomic E-state index is 13.0. The van der Waals surface area contributed by atoms with Gasteiger partial charge in [-0.2, -0.15) is 0 Å². The number of halogens is 1. The molecule has 2 unspecified atom stereocenters. The van der Waals surface area contributed by atoms with E-state index in [4.69, 9.17) is 5.11 Å². The van der Waals surface area contributed by atoms with Crippen LogP contribution in [0.3, 0.4) is 0 Å². The number of hydrogen-bond donors (Lipinski definition) is 3. The summed E-state index contributed by atoms with van der Waals surface area (Å²) in [4.78, 5) is 48.3. The monoisotopic (exact) mass is 379 g/mol. The number of anilines is 1. The van der Waals surface area contributed by atoms with Gasteiger partial charge in [0.25, 0.3) is 0 Å². The van der Waals surface area contributed by atoms with E-state index in [9.17, 15) is 23.6 Å². The van der Waals surface area contributed by atoms with Gasteiger partial charge in [-0.1, -0.05) is 0 Å². The molecule has 1 aliphatic rings. The van der Waals surface area contributed by atoms with Crippen LogP contribution < -0.4 is 15.5 Å². The Labute approximate surface area is 155 Å². The molecule has 146 valence electrons. The summed E-state index contributed by atoms with van der Waals surface area (Å²) in [5, 5.41) is 13.7. The fourth-order valence-corrected chi connectivity index (χ4v) is 2.75. The highest BCUT2D eigenvalue weighted by Crippen LogP contribution is 2.25. The molecule has 0 saturated carbocycles. The number of carboxylic acids is 1. The molecule has 27 heavy (non-hydrogen) atoms. The first kappa shape index (κ1) is 20.3.